The van der Waals surface area contributed by atoms with Crippen molar-refractivity contribution in [2.24, 2.45) is 0 Å². The lowest BCUT2D eigenvalue weighted by atomic mass is 10.1. The summed E-state index contributed by atoms with van der Waals surface area (Å²) in [7, 11) is 1.70. The van der Waals surface area contributed by atoms with Gasteiger partial charge in [-0.2, -0.15) is 0 Å². The highest BCUT2D eigenvalue weighted by molar-refractivity contribution is 5.41. The Balaban J connectivity index is 2.61. The van der Waals surface area contributed by atoms with Gasteiger partial charge in [0.15, 0.2) is 0 Å². The van der Waals surface area contributed by atoms with Crippen molar-refractivity contribution in [2.75, 3.05) is 33.4 Å². The predicted octanol–water partition coefficient (Wildman–Crippen LogP) is 2.82. The third-order valence-electron chi connectivity index (χ3n) is 2.95. The summed E-state index contributed by atoms with van der Waals surface area (Å²) >= 11 is 0. The second-order valence-electron chi connectivity index (χ2n) is 4.82. The monoisotopic (exact) mass is 293 g/mol. The zero-order valence-electron chi connectivity index (χ0n) is 13.4. The normalized spacial score (nSPS) is 12.0. The number of methoxy groups -OCH3 is 1. The van der Waals surface area contributed by atoms with Gasteiger partial charge in [0.1, 0.15) is 17.6 Å². The molecule has 0 spiro atoms. The molecule has 1 unspecified atom stereocenters. The summed E-state index contributed by atoms with van der Waals surface area (Å²) in [5.74, 6) is 1.76. The summed E-state index contributed by atoms with van der Waals surface area (Å²) < 4.78 is 16.5. The Morgan fingerprint density at radius 3 is 2.86 bits per heavy atom. The summed E-state index contributed by atoms with van der Waals surface area (Å²) in [6.07, 6.45) is 2.72. The molecule has 1 aromatic rings. The van der Waals surface area contributed by atoms with Gasteiger partial charge in [-0.25, -0.2) is 0 Å². The third-order valence-corrected chi connectivity index (χ3v) is 2.95. The summed E-state index contributed by atoms with van der Waals surface area (Å²) in [6.45, 7) is 10.8. The first-order chi connectivity index (χ1) is 10.2. The highest BCUT2D eigenvalue weighted by Crippen LogP contribution is 2.26. The highest BCUT2D eigenvalue weighted by Gasteiger charge is 2.09. The molecule has 0 aliphatic carbocycles. The molecule has 0 radical (unpaired) electrons. The molecule has 118 valence electrons. The van der Waals surface area contributed by atoms with Gasteiger partial charge in [-0.15, -0.1) is 6.58 Å². The van der Waals surface area contributed by atoms with Crippen LogP contribution in [0, 0.1) is 0 Å². The van der Waals surface area contributed by atoms with E-state index in [4.69, 9.17) is 14.2 Å². The van der Waals surface area contributed by atoms with E-state index in [1.807, 2.05) is 38.1 Å². The van der Waals surface area contributed by atoms with Crippen LogP contribution < -0.4 is 14.8 Å². The Labute approximate surface area is 128 Å². The van der Waals surface area contributed by atoms with Crippen molar-refractivity contribution >= 4 is 0 Å². The molecule has 1 aromatic carbocycles. The molecule has 0 aliphatic heterocycles. The van der Waals surface area contributed by atoms with Crippen molar-refractivity contribution in [3.8, 4) is 11.5 Å². The van der Waals surface area contributed by atoms with Gasteiger partial charge in [0.25, 0.3) is 0 Å². The zero-order chi connectivity index (χ0) is 15.5. The zero-order valence-corrected chi connectivity index (χ0v) is 13.4. The highest BCUT2D eigenvalue weighted by atomic mass is 16.5. The Morgan fingerprint density at radius 2 is 2.19 bits per heavy atom. The Kier molecular flexibility index (Phi) is 8.55. The van der Waals surface area contributed by atoms with Gasteiger partial charge < -0.3 is 19.5 Å². The van der Waals surface area contributed by atoms with Crippen molar-refractivity contribution in [1.82, 2.24) is 5.32 Å². The van der Waals surface area contributed by atoms with E-state index in [1.54, 1.807) is 7.11 Å². The first kappa shape index (κ1) is 17.5. The number of benzene rings is 1. The van der Waals surface area contributed by atoms with E-state index >= 15 is 0 Å². The van der Waals surface area contributed by atoms with E-state index in [9.17, 15) is 0 Å². The second-order valence-corrected chi connectivity index (χ2v) is 4.82. The topological polar surface area (TPSA) is 39.7 Å². The van der Waals surface area contributed by atoms with E-state index < -0.39 is 0 Å². The van der Waals surface area contributed by atoms with Crippen LogP contribution in [0.25, 0.3) is 0 Å². The van der Waals surface area contributed by atoms with Crippen LogP contribution in [0.4, 0.5) is 0 Å². The largest absolute Gasteiger partial charge is 0.494 e. The third kappa shape index (κ3) is 6.65. The Hall–Kier alpha value is -1.52. The van der Waals surface area contributed by atoms with E-state index in [-0.39, 0.29) is 6.10 Å². The van der Waals surface area contributed by atoms with Gasteiger partial charge >= 0.3 is 0 Å². The maximum absolute atomic E-state index is 6.00. The summed E-state index contributed by atoms with van der Waals surface area (Å²) in [4.78, 5) is 0. The van der Waals surface area contributed by atoms with E-state index in [1.165, 1.54) is 0 Å². The van der Waals surface area contributed by atoms with Gasteiger partial charge in [-0.3, -0.25) is 0 Å². The van der Waals surface area contributed by atoms with Gasteiger partial charge in [-0.1, -0.05) is 6.08 Å². The number of nitrogens with one attached hydrogen (secondary N) is 1. The average Bonchev–Trinajstić information content (AvgIpc) is 2.47. The molecular formula is C17H27NO3. The fourth-order valence-electron chi connectivity index (χ4n) is 1.98. The van der Waals surface area contributed by atoms with Crippen LogP contribution in [0.3, 0.4) is 0 Å². The molecule has 4 heteroatoms. The van der Waals surface area contributed by atoms with E-state index in [0.717, 1.165) is 36.6 Å². The minimum atomic E-state index is 0.0864. The lowest BCUT2D eigenvalue weighted by Gasteiger charge is -2.18. The van der Waals surface area contributed by atoms with Crippen molar-refractivity contribution in [3.05, 3.63) is 36.4 Å². The van der Waals surface area contributed by atoms with Gasteiger partial charge in [0, 0.05) is 25.8 Å². The first-order valence-electron chi connectivity index (χ1n) is 7.44. The summed E-state index contributed by atoms with van der Waals surface area (Å²) in [6, 6.07) is 5.93. The molecule has 1 N–H and O–H groups in total. The van der Waals surface area contributed by atoms with Crippen LogP contribution in [0.2, 0.25) is 0 Å². The Morgan fingerprint density at radius 1 is 1.38 bits per heavy atom. The van der Waals surface area contributed by atoms with E-state index in [0.29, 0.717) is 13.2 Å². The molecule has 4 nitrogen and oxygen atoms in total. The molecule has 1 atom stereocenters. The molecule has 0 aromatic heterocycles. The fraction of sp³-hybridized carbons (Fsp3) is 0.529. The number of ether oxygens (including phenoxy) is 3. The second kappa shape index (κ2) is 10.2. The number of rotatable bonds is 11. The van der Waals surface area contributed by atoms with Gasteiger partial charge in [-0.05, 0) is 38.5 Å². The first-order valence-corrected chi connectivity index (χ1v) is 7.44. The van der Waals surface area contributed by atoms with Crippen LogP contribution in [-0.4, -0.2) is 39.5 Å². The minimum absolute atomic E-state index is 0.0864. The molecule has 1 rings (SSSR count). The smallest absolute Gasteiger partial charge is 0.123 e. The summed E-state index contributed by atoms with van der Waals surface area (Å²) in [5.41, 5.74) is 1.10. The van der Waals surface area contributed by atoms with Crippen LogP contribution in [0.5, 0.6) is 11.5 Å². The summed E-state index contributed by atoms with van der Waals surface area (Å²) in [5, 5.41) is 3.29. The number of hydrogen-bond donors (Lipinski definition) is 1. The number of hydrogen-bond acceptors (Lipinski definition) is 4. The predicted molar refractivity (Wildman–Crippen MR) is 86.3 cm³/mol. The standard InChI is InChI=1S/C17H27NO3/c1-5-7-15-12-16(20-6-2)8-9-17(15)21-14(3)13-18-10-11-19-4/h5,8-9,12,14,18H,1,6-7,10-11,13H2,2-4H3. The molecule has 0 saturated carbocycles. The van der Waals surface area contributed by atoms with Gasteiger partial charge in [0.05, 0.1) is 13.2 Å². The van der Waals surface area contributed by atoms with Crippen molar-refractivity contribution in [1.29, 1.82) is 0 Å². The molecule has 0 saturated heterocycles. The molecule has 0 amide bonds. The molecule has 0 aliphatic rings. The van der Waals surface area contributed by atoms with E-state index in [2.05, 4.69) is 11.9 Å². The van der Waals surface area contributed by atoms with Crippen LogP contribution in [0.15, 0.2) is 30.9 Å². The van der Waals surface area contributed by atoms with Crippen molar-refractivity contribution in [2.45, 2.75) is 26.4 Å². The molecular weight excluding hydrogens is 266 g/mol. The van der Waals surface area contributed by atoms with Crippen LogP contribution >= 0.6 is 0 Å². The maximum atomic E-state index is 6.00. The van der Waals surface area contributed by atoms with Crippen molar-refractivity contribution < 1.29 is 14.2 Å². The Bertz CT molecular complexity index is 420. The molecule has 0 fully saturated rings. The quantitative estimate of drug-likeness (QED) is 0.503. The lowest BCUT2D eigenvalue weighted by molar-refractivity contribution is 0.183. The number of allylic oxidation sites excluding steroid dienone is 1. The molecule has 0 heterocycles. The lowest BCUT2D eigenvalue weighted by Crippen LogP contribution is -2.31. The average molecular weight is 293 g/mol. The van der Waals surface area contributed by atoms with Crippen LogP contribution in [-0.2, 0) is 11.2 Å². The van der Waals surface area contributed by atoms with Gasteiger partial charge in [0.2, 0.25) is 0 Å². The SMILES string of the molecule is C=CCc1cc(OCC)ccc1OC(C)CNCCOC. The van der Waals surface area contributed by atoms with Crippen LogP contribution in [0.1, 0.15) is 19.4 Å². The minimum Gasteiger partial charge on any atom is -0.494 e. The molecule has 21 heavy (non-hydrogen) atoms. The van der Waals surface area contributed by atoms with Crippen molar-refractivity contribution in [3.63, 3.8) is 0 Å². The fourth-order valence-corrected chi connectivity index (χ4v) is 1.98. The molecule has 0 bridgehead atoms. The maximum Gasteiger partial charge on any atom is 0.123 e.